The van der Waals surface area contributed by atoms with Crippen molar-refractivity contribution in [3.8, 4) is 0 Å². The van der Waals surface area contributed by atoms with Crippen LogP contribution in [0.25, 0.3) is 0 Å². The van der Waals surface area contributed by atoms with Crippen LogP contribution in [-0.2, 0) is 4.74 Å². The molecule has 1 saturated carbocycles. The molecule has 0 aromatic heterocycles. The SMILES string of the molecule is CC1(C)[C@@]2(Br)C=C[C@@](C)(O)[C@]13C[C@@H](Br)[C@@](C)(Cl)CC3O2. The van der Waals surface area contributed by atoms with Crippen molar-refractivity contribution in [3.63, 3.8) is 0 Å². The summed E-state index contributed by atoms with van der Waals surface area (Å²) in [5, 5.41) is 11.1. The number of hydrogen-bond acceptors (Lipinski definition) is 2. The highest BCUT2D eigenvalue weighted by atomic mass is 79.9. The topological polar surface area (TPSA) is 29.5 Å². The molecule has 1 N–H and O–H groups in total. The van der Waals surface area contributed by atoms with E-state index in [-0.39, 0.29) is 26.6 Å². The van der Waals surface area contributed by atoms with E-state index in [0.29, 0.717) is 0 Å². The Labute approximate surface area is 142 Å². The van der Waals surface area contributed by atoms with Crippen LogP contribution in [0.1, 0.15) is 40.5 Å². The summed E-state index contributed by atoms with van der Waals surface area (Å²) in [7, 11) is 0. The van der Waals surface area contributed by atoms with Crippen LogP contribution in [-0.4, -0.2) is 31.0 Å². The van der Waals surface area contributed by atoms with Gasteiger partial charge in [0.05, 0.1) is 16.6 Å². The standard InChI is InChI=1S/C15H21Br2ClO2/c1-11(2)14-7-9(16)12(3,18)8-10(14)20-15(11,17)6-5-13(14,4)19/h5-6,9-10,19H,7-8H2,1-4H3/t9-,10?,12+,13-,14+,15-/m1/s1. The minimum atomic E-state index is -0.908. The van der Waals surface area contributed by atoms with Gasteiger partial charge in [-0.15, -0.1) is 11.6 Å². The quantitative estimate of drug-likeness (QED) is 0.459. The lowest BCUT2D eigenvalue weighted by atomic mass is 9.47. The van der Waals surface area contributed by atoms with Crippen molar-refractivity contribution < 1.29 is 9.84 Å². The molecule has 2 fully saturated rings. The van der Waals surface area contributed by atoms with E-state index in [9.17, 15) is 5.11 Å². The van der Waals surface area contributed by atoms with Crippen LogP contribution in [0.5, 0.6) is 0 Å². The first kappa shape index (κ1) is 15.8. The number of aliphatic hydroxyl groups is 1. The lowest BCUT2D eigenvalue weighted by Crippen LogP contribution is -2.65. The Kier molecular flexibility index (Phi) is 3.20. The summed E-state index contributed by atoms with van der Waals surface area (Å²) in [4.78, 5) is -0.216. The molecule has 1 spiro atoms. The third kappa shape index (κ3) is 1.58. The second-order valence-electron chi connectivity index (χ2n) is 7.48. The summed E-state index contributed by atoms with van der Waals surface area (Å²) < 4.78 is 5.84. The lowest BCUT2D eigenvalue weighted by Gasteiger charge is -2.59. The van der Waals surface area contributed by atoms with E-state index < -0.39 is 10.1 Å². The highest BCUT2D eigenvalue weighted by molar-refractivity contribution is 9.10. The first-order valence-electron chi connectivity index (χ1n) is 7.02. The van der Waals surface area contributed by atoms with Gasteiger partial charge in [0, 0.05) is 15.7 Å². The van der Waals surface area contributed by atoms with E-state index in [1.165, 1.54) is 0 Å². The molecule has 2 nitrogen and oxygen atoms in total. The van der Waals surface area contributed by atoms with E-state index >= 15 is 0 Å². The van der Waals surface area contributed by atoms with Crippen LogP contribution in [0.4, 0.5) is 0 Å². The van der Waals surface area contributed by atoms with Crippen molar-refractivity contribution in [2.24, 2.45) is 10.8 Å². The number of halogens is 3. The zero-order chi connectivity index (χ0) is 15.2. The molecule has 6 atom stereocenters. The van der Waals surface area contributed by atoms with Crippen LogP contribution < -0.4 is 0 Å². The third-order valence-electron chi connectivity index (χ3n) is 6.10. The molecule has 20 heavy (non-hydrogen) atoms. The van der Waals surface area contributed by atoms with Crippen molar-refractivity contribution in [2.45, 2.75) is 66.5 Å². The largest absolute Gasteiger partial charge is 0.385 e. The van der Waals surface area contributed by atoms with Gasteiger partial charge in [0.2, 0.25) is 0 Å². The van der Waals surface area contributed by atoms with Crippen LogP contribution in [0.3, 0.4) is 0 Å². The minimum absolute atomic E-state index is 0.0711. The maximum atomic E-state index is 11.1. The van der Waals surface area contributed by atoms with Gasteiger partial charge in [-0.25, -0.2) is 0 Å². The first-order chi connectivity index (χ1) is 8.90. The van der Waals surface area contributed by atoms with E-state index in [1.807, 2.05) is 26.0 Å². The maximum Gasteiger partial charge on any atom is 0.147 e. The van der Waals surface area contributed by atoms with Crippen molar-refractivity contribution >= 4 is 43.5 Å². The summed E-state index contributed by atoms with van der Waals surface area (Å²) >= 11 is 14.2. The molecule has 1 unspecified atom stereocenters. The van der Waals surface area contributed by atoms with E-state index in [2.05, 4.69) is 45.7 Å². The average Bonchev–Trinajstić information content (AvgIpc) is 2.37. The normalized spacial score (nSPS) is 60.4. The fraction of sp³-hybridized carbons (Fsp3) is 0.867. The Morgan fingerprint density at radius 2 is 1.80 bits per heavy atom. The van der Waals surface area contributed by atoms with E-state index in [0.717, 1.165) is 12.8 Å². The summed E-state index contributed by atoms with van der Waals surface area (Å²) in [6.45, 7) is 8.30. The van der Waals surface area contributed by atoms with Gasteiger partial charge < -0.3 is 9.84 Å². The number of ether oxygens (including phenoxy) is 1. The van der Waals surface area contributed by atoms with Crippen LogP contribution in [0, 0.1) is 10.8 Å². The minimum Gasteiger partial charge on any atom is -0.385 e. The number of hydrogen-bond donors (Lipinski definition) is 1. The van der Waals surface area contributed by atoms with Gasteiger partial charge in [-0.3, -0.25) is 0 Å². The Hall–Kier alpha value is 0.910. The molecule has 1 aliphatic heterocycles. The van der Waals surface area contributed by atoms with Crippen molar-refractivity contribution in [1.29, 1.82) is 0 Å². The zero-order valence-electron chi connectivity index (χ0n) is 12.2. The maximum absolute atomic E-state index is 11.1. The summed E-state index contributed by atoms with van der Waals surface area (Å²) in [6, 6.07) is 0. The van der Waals surface area contributed by atoms with Gasteiger partial charge >= 0.3 is 0 Å². The Morgan fingerprint density at radius 1 is 1.20 bits per heavy atom. The summed E-state index contributed by atoms with van der Waals surface area (Å²) in [5.74, 6) is 0. The molecule has 1 saturated heterocycles. The Bertz CT molecular complexity index is 488. The van der Waals surface area contributed by atoms with Gasteiger partial charge in [-0.05, 0) is 48.7 Å². The predicted molar refractivity (Wildman–Crippen MR) is 88.7 cm³/mol. The summed E-state index contributed by atoms with van der Waals surface area (Å²) in [6.07, 6.45) is 5.29. The Morgan fingerprint density at radius 3 is 2.40 bits per heavy atom. The molecule has 2 bridgehead atoms. The number of rotatable bonds is 0. The van der Waals surface area contributed by atoms with E-state index in [1.54, 1.807) is 0 Å². The molecular formula is C15H21Br2ClO2. The van der Waals surface area contributed by atoms with Gasteiger partial charge in [0.1, 0.15) is 4.51 Å². The summed E-state index contributed by atoms with van der Waals surface area (Å²) in [5.41, 5.74) is -1.50. The van der Waals surface area contributed by atoms with Crippen molar-refractivity contribution in [3.05, 3.63) is 12.2 Å². The van der Waals surface area contributed by atoms with Gasteiger partial charge in [0.25, 0.3) is 0 Å². The molecule has 0 radical (unpaired) electrons. The zero-order valence-corrected chi connectivity index (χ0v) is 16.1. The van der Waals surface area contributed by atoms with Gasteiger partial charge in [-0.2, -0.15) is 0 Å². The second kappa shape index (κ2) is 4.05. The van der Waals surface area contributed by atoms with Crippen molar-refractivity contribution in [2.75, 3.05) is 0 Å². The molecule has 114 valence electrons. The first-order valence-corrected chi connectivity index (χ1v) is 9.11. The lowest BCUT2D eigenvalue weighted by molar-refractivity contribution is -0.132. The highest BCUT2D eigenvalue weighted by Gasteiger charge is 2.76. The average molecular weight is 429 g/mol. The van der Waals surface area contributed by atoms with Crippen LogP contribution in [0.2, 0.25) is 0 Å². The molecular weight excluding hydrogens is 407 g/mol. The predicted octanol–water partition coefficient (Wildman–Crippen LogP) is 4.36. The third-order valence-corrected chi connectivity index (χ3v) is 9.55. The fourth-order valence-electron chi connectivity index (χ4n) is 4.58. The van der Waals surface area contributed by atoms with Gasteiger partial charge in [-0.1, -0.05) is 35.9 Å². The molecule has 3 aliphatic rings. The highest BCUT2D eigenvalue weighted by Crippen LogP contribution is 2.73. The van der Waals surface area contributed by atoms with Crippen LogP contribution >= 0.6 is 43.5 Å². The molecule has 5 heteroatoms. The smallest absolute Gasteiger partial charge is 0.147 e. The monoisotopic (exact) mass is 426 g/mol. The van der Waals surface area contributed by atoms with Crippen molar-refractivity contribution in [1.82, 2.24) is 0 Å². The number of alkyl halides is 3. The second-order valence-corrected chi connectivity index (χ2v) is 10.6. The Balaban J connectivity index is 2.21. The molecule has 0 aromatic rings. The van der Waals surface area contributed by atoms with E-state index in [4.69, 9.17) is 16.3 Å². The molecule has 2 aliphatic carbocycles. The molecule has 3 rings (SSSR count). The molecule has 1 heterocycles. The number of fused-ring (bicyclic) bond motifs is 1. The fourth-order valence-corrected chi connectivity index (χ4v) is 6.21. The molecule has 0 aromatic carbocycles. The molecule has 0 amide bonds. The van der Waals surface area contributed by atoms with Gasteiger partial charge in [0.15, 0.2) is 0 Å². The van der Waals surface area contributed by atoms with Crippen LogP contribution in [0.15, 0.2) is 12.2 Å².